The number of aromatic nitrogens is 2. The average molecular weight is 354 g/mol. The number of nitrogens with one attached hydrogen (secondary N) is 1. The van der Waals surface area contributed by atoms with Gasteiger partial charge in [-0.25, -0.2) is 4.98 Å². The van der Waals surface area contributed by atoms with Crippen LogP contribution in [0.3, 0.4) is 0 Å². The van der Waals surface area contributed by atoms with E-state index in [0.29, 0.717) is 6.61 Å². The maximum Gasteiger partial charge on any atom is 0.255 e. The lowest BCUT2D eigenvalue weighted by atomic mass is 9.97. The van der Waals surface area contributed by atoms with Gasteiger partial charge in [0.15, 0.2) is 0 Å². The number of rotatable bonds is 4. The Hall–Kier alpha value is -2.50. The van der Waals surface area contributed by atoms with Crippen LogP contribution in [0.25, 0.3) is 0 Å². The molecule has 138 valence electrons. The highest BCUT2D eigenvalue weighted by atomic mass is 16.5. The number of H-pyrrole nitrogens is 1. The summed E-state index contributed by atoms with van der Waals surface area (Å²) in [5, 5.41) is 0. The number of benzene rings is 1. The molecule has 0 saturated carbocycles. The number of hydrogen-bond acceptors (Lipinski definition) is 5. The number of fused-ring (bicyclic) bond motifs is 1. The third-order valence-corrected chi connectivity index (χ3v) is 5.27. The van der Waals surface area contributed by atoms with Crippen LogP contribution in [0.2, 0.25) is 0 Å². The summed E-state index contributed by atoms with van der Waals surface area (Å²) in [4.78, 5) is 24.7. The van der Waals surface area contributed by atoms with Gasteiger partial charge in [0.25, 0.3) is 5.56 Å². The molecule has 0 unspecified atom stereocenters. The molecule has 2 aliphatic rings. The van der Waals surface area contributed by atoms with E-state index >= 15 is 0 Å². The molecular formula is C20H26N4O2. The summed E-state index contributed by atoms with van der Waals surface area (Å²) in [7, 11) is 0. The molecule has 1 aromatic heterocycles. The quantitative estimate of drug-likeness (QED) is 0.913. The van der Waals surface area contributed by atoms with E-state index in [0.717, 1.165) is 74.8 Å². The van der Waals surface area contributed by atoms with Crippen molar-refractivity contribution in [1.29, 1.82) is 0 Å². The average Bonchev–Trinajstić information content (AvgIpc) is 2.69. The van der Waals surface area contributed by atoms with Crippen molar-refractivity contribution in [2.24, 2.45) is 0 Å². The number of nitrogens with zero attached hydrogens (tertiary/aromatic N) is 3. The molecule has 6 nitrogen and oxygen atoms in total. The molecule has 0 atom stereocenters. The summed E-state index contributed by atoms with van der Waals surface area (Å²) in [5.74, 6) is 1.65. The van der Waals surface area contributed by atoms with E-state index in [9.17, 15) is 4.79 Å². The van der Waals surface area contributed by atoms with Crippen LogP contribution in [0.1, 0.15) is 31.0 Å². The van der Waals surface area contributed by atoms with E-state index < -0.39 is 0 Å². The largest absolute Gasteiger partial charge is 0.494 e. The van der Waals surface area contributed by atoms with Gasteiger partial charge in [0, 0.05) is 37.4 Å². The molecule has 0 bridgehead atoms. The van der Waals surface area contributed by atoms with E-state index in [4.69, 9.17) is 9.72 Å². The van der Waals surface area contributed by atoms with E-state index in [-0.39, 0.29) is 5.56 Å². The van der Waals surface area contributed by atoms with Gasteiger partial charge in [-0.1, -0.05) is 0 Å². The molecular weight excluding hydrogens is 328 g/mol. The normalized spacial score (nSPS) is 17.1. The maximum atomic E-state index is 12.4. The van der Waals surface area contributed by atoms with Crippen molar-refractivity contribution in [3.8, 4) is 5.75 Å². The standard InChI is InChI=1S/C20H26N4O2/c1-2-26-16-9-7-15(8-10-16)23-11-13-24(14-12-23)20-21-18-6-4-3-5-17(18)19(25)22-20/h7-10H,2-6,11-14H2,1H3,(H,21,22,25). The predicted molar refractivity (Wildman–Crippen MR) is 104 cm³/mol. The Bertz CT molecular complexity index is 808. The number of aromatic amines is 1. The molecule has 1 N–H and O–H groups in total. The van der Waals surface area contributed by atoms with Gasteiger partial charge in [0.05, 0.1) is 12.3 Å². The smallest absolute Gasteiger partial charge is 0.255 e. The molecule has 2 heterocycles. The second kappa shape index (κ2) is 7.40. The first-order chi connectivity index (χ1) is 12.7. The third kappa shape index (κ3) is 3.41. The topological polar surface area (TPSA) is 61.5 Å². The van der Waals surface area contributed by atoms with Crippen molar-refractivity contribution >= 4 is 11.6 Å². The number of piperazine rings is 1. The zero-order chi connectivity index (χ0) is 17.9. The minimum Gasteiger partial charge on any atom is -0.494 e. The van der Waals surface area contributed by atoms with E-state index in [1.165, 1.54) is 5.69 Å². The molecule has 0 amide bonds. The fraction of sp³-hybridized carbons (Fsp3) is 0.500. The Balaban J connectivity index is 1.43. The molecule has 6 heteroatoms. The maximum absolute atomic E-state index is 12.4. The Morgan fingerprint density at radius 1 is 1.04 bits per heavy atom. The fourth-order valence-electron chi connectivity index (χ4n) is 3.84. The van der Waals surface area contributed by atoms with Crippen molar-refractivity contribution in [2.45, 2.75) is 32.6 Å². The van der Waals surface area contributed by atoms with Gasteiger partial charge in [-0.2, -0.15) is 0 Å². The van der Waals surface area contributed by atoms with E-state index in [1.807, 2.05) is 19.1 Å². The minimum atomic E-state index is 0.0543. The van der Waals surface area contributed by atoms with Gasteiger partial charge in [-0.15, -0.1) is 0 Å². The summed E-state index contributed by atoms with van der Waals surface area (Å²) < 4.78 is 5.51. The van der Waals surface area contributed by atoms with Crippen LogP contribution < -0.4 is 20.1 Å². The van der Waals surface area contributed by atoms with E-state index in [1.54, 1.807) is 0 Å². The van der Waals surface area contributed by atoms with Crippen molar-refractivity contribution in [1.82, 2.24) is 9.97 Å². The van der Waals surface area contributed by atoms with Crippen LogP contribution >= 0.6 is 0 Å². The molecule has 26 heavy (non-hydrogen) atoms. The summed E-state index contributed by atoms with van der Waals surface area (Å²) in [6, 6.07) is 8.26. The molecule has 0 spiro atoms. The highest BCUT2D eigenvalue weighted by Gasteiger charge is 2.22. The predicted octanol–water partition coefficient (Wildman–Crippen LogP) is 2.37. The molecule has 1 saturated heterocycles. The van der Waals surface area contributed by atoms with Crippen molar-refractivity contribution in [3.05, 3.63) is 45.9 Å². The lowest BCUT2D eigenvalue weighted by molar-refractivity contribution is 0.340. The monoisotopic (exact) mass is 354 g/mol. The van der Waals surface area contributed by atoms with Gasteiger partial charge in [0.1, 0.15) is 5.75 Å². The number of aryl methyl sites for hydroxylation is 1. The summed E-state index contributed by atoms with van der Waals surface area (Å²) in [6.07, 6.45) is 4.02. The number of anilines is 2. The summed E-state index contributed by atoms with van der Waals surface area (Å²) in [6.45, 7) is 6.21. The molecule has 2 aromatic rings. The van der Waals surface area contributed by atoms with Crippen LogP contribution in [-0.2, 0) is 12.8 Å². The molecule has 1 aromatic carbocycles. The first-order valence-electron chi connectivity index (χ1n) is 9.59. The molecule has 4 rings (SSSR count). The summed E-state index contributed by atoms with van der Waals surface area (Å²) in [5.41, 5.74) is 3.16. The van der Waals surface area contributed by atoms with Crippen LogP contribution in [0.15, 0.2) is 29.1 Å². The molecule has 1 aliphatic carbocycles. The van der Waals surface area contributed by atoms with Crippen molar-refractivity contribution in [2.75, 3.05) is 42.6 Å². The second-order valence-electron chi connectivity index (χ2n) is 6.92. The van der Waals surface area contributed by atoms with Crippen LogP contribution in [0.4, 0.5) is 11.6 Å². The third-order valence-electron chi connectivity index (χ3n) is 5.27. The first kappa shape index (κ1) is 16.9. The Labute approximate surface area is 153 Å². The van der Waals surface area contributed by atoms with Crippen molar-refractivity contribution in [3.63, 3.8) is 0 Å². The SMILES string of the molecule is CCOc1ccc(N2CCN(c3nc4c(c(=O)[nH]3)CCCC4)CC2)cc1. The van der Waals surface area contributed by atoms with Crippen LogP contribution in [-0.4, -0.2) is 42.8 Å². The van der Waals surface area contributed by atoms with Crippen LogP contribution in [0.5, 0.6) is 5.75 Å². The van der Waals surface area contributed by atoms with Gasteiger partial charge >= 0.3 is 0 Å². The molecule has 1 aliphatic heterocycles. The zero-order valence-electron chi connectivity index (χ0n) is 15.3. The summed E-state index contributed by atoms with van der Waals surface area (Å²) >= 11 is 0. The van der Waals surface area contributed by atoms with Gasteiger partial charge < -0.3 is 14.5 Å². The van der Waals surface area contributed by atoms with Crippen LogP contribution in [0, 0.1) is 0 Å². The molecule has 1 fully saturated rings. The fourth-order valence-corrected chi connectivity index (χ4v) is 3.84. The van der Waals surface area contributed by atoms with E-state index in [2.05, 4.69) is 26.9 Å². The highest BCUT2D eigenvalue weighted by molar-refractivity contribution is 5.51. The zero-order valence-corrected chi connectivity index (χ0v) is 15.3. The van der Waals surface area contributed by atoms with Gasteiger partial charge in [0.2, 0.25) is 5.95 Å². The highest BCUT2D eigenvalue weighted by Crippen LogP contribution is 2.23. The van der Waals surface area contributed by atoms with Gasteiger partial charge in [-0.05, 0) is 56.9 Å². The minimum absolute atomic E-state index is 0.0543. The number of hydrogen-bond donors (Lipinski definition) is 1. The lowest BCUT2D eigenvalue weighted by Gasteiger charge is -2.36. The number of ether oxygens (including phenoxy) is 1. The van der Waals surface area contributed by atoms with Crippen molar-refractivity contribution < 1.29 is 4.74 Å². The first-order valence-corrected chi connectivity index (χ1v) is 9.59. The Kier molecular flexibility index (Phi) is 4.82. The Morgan fingerprint density at radius 2 is 1.73 bits per heavy atom. The lowest BCUT2D eigenvalue weighted by Crippen LogP contribution is -2.47. The second-order valence-corrected chi connectivity index (χ2v) is 6.92. The Morgan fingerprint density at radius 3 is 2.46 bits per heavy atom. The molecule has 0 radical (unpaired) electrons. The van der Waals surface area contributed by atoms with Gasteiger partial charge in [-0.3, -0.25) is 9.78 Å².